The first-order valence-corrected chi connectivity index (χ1v) is 46.9. The van der Waals surface area contributed by atoms with Crippen LogP contribution in [0, 0.1) is 0 Å². The number of hydrogen-bond acceptors (Lipinski definition) is 29. The molecule has 0 aliphatic heterocycles. The van der Waals surface area contributed by atoms with Crippen LogP contribution in [0.3, 0.4) is 0 Å². The number of nitrogens with one attached hydrogen (secondary N) is 6. The van der Waals surface area contributed by atoms with E-state index in [0.29, 0.717) is 79.4 Å². The Bertz CT molecular complexity index is 6150. The average Bonchev–Trinajstić information content (AvgIpc) is 0.776. The van der Waals surface area contributed by atoms with Crippen molar-refractivity contribution in [2.75, 3.05) is 72.8 Å². The van der Waals surface area contributed by atoms with E-state index in [9.17, 15) is 65.5 Å². The van der Waals surface area contributed by atoms with Crippen molar-refractivity contribution in [2.45, 2.75) is 81.4 Å². The fourth-order valence-corrected chi connectivity index (χ4v) is 14.9. The molecule has 12 aromatic rings. The van der Waals surface area contributed by atoms with E-state index in [2.05, 4.69) is 96.6 Å². The summed E-state index contributed by atoms with van der Waals surface area (Å²) < 4.78 is 202. The second-order valence-corrected chi connectivity index (χ2v) is 40.7. The van der Waals surface area contributed by atoms with Gasteiger partial charge in [-0.3, -0.25) is 4.79 Å². The molecule has 54 heteroatoms. The SMILES string of the molecule is C.C.CC(C)S(=O)(=O)c1ccccc1Nc1nc(Cl)ncc1C(F)(F)F.COc1cc(P(C)(C)=O)ccc1Nc1ncc(C(F)(F)F)c(Nc2ccccc2S(=O)(=O)C(C)C)n1.COc1cc(P(C)(C)=O)ccc1Nc1ncc(Cl)c(Nc2ccccc2)n1.Clc1ncc(Cl)c(Cl)n1.Clc1ncc(Cl)c(Nc2ccccc2)n1.FC(F)(F)c1cnc(Cl)nc1Cl.O=CO[O-].[H-].[H-].[K+].[K+].[Na+]. The summed E-state index contributed by atoms with van der Waals surface area (Å²) in [5.41, 5.74) is -0.716. The van der Waals surface area contributed by atoms with Crippen molar-refractivity contribution < 1.29 is 225 Å². The van der Waals surface area contributed by atoms with E-state index in [4.69, 9.17) is 124 Å². The number of ether oxygens (including phenoxy) is 2. The molecule has 12 rings (SSSR count). The molecule has 6 aromatic carbocycles. The monoisotopic (exact) mass is 2160 g/mol. The summed E-state index contributed by atoms with van der Waals surface area (Å²) in [7, 11) is -9.51. The molecule has 0 unspecified atom stereocenters. The molecule has 0 aliphatic carbocycles. The topological polar surface area (TPSA) is 397 Å². The standard InChI is InChI=1S/C23H26F3N4O4PS.C19H20ClN4O2P.C14H13ClF3N3O2S.C10H7Cl2N3.C5HCl2F3N2.C4HCl3N2.CH2O3.2CH4.2K.Na.2H/c1-14(2)36(32,33)20-9-7-6-8-18(20)28-21-16(23(24,25)26)13-27-22(30-21)29-17-11-10-15(35(4,5)31)12-19(17)34-3;1-26-17-11-14(27(2,3)25)9-10-16(17)23-19-21-12-15(20)18(24-19)22-13-7-5-4-6-8-13;1-8(2)24(22,23)11-6-4-3-5-10(11)20-12-9(14(16,17)18)7-19-13(15)21-12;11-8-6-13-10(12)15-9(8)14-7-4-2-1-3-5-7;6-3-2(5(8,9)10)1-11-4(7)12-3;5-2-1-8-4(7)9-3(2)6;2-1-4-3;;;;;;;/h6-14H,1-5H3,(H2,27,28,29,30);4-12H,1-3H3,(H2,21,22,23,24);3-8H,1-2H3,(H,19,20,21);1-6H,(H,13,14,15);1H;1H;1,3H;2*1H4;;;;;/q;;;;;;;;;3*+1;2*-1/p-1. The fourth-order valence-electron chi connectivity index (χ4n) is 9.41. The van der Waals surface area contributed by atoms with E-state index in [1.54, 1.807) is 64.1 Å². The van der Waals surface area contributed by atoms with Gasteiger partial charge in [-0.15, -0.1) is 0 Å². The van der Waals surface area contributed by atoms with Crippen LogP contribution < -0.4 is 190 Å². The van der Waals surface area contributed by atoms with E-state index in [1.165, 1.54) is 102 Å². The maximum Gasteiger partial charge on any atom is 1.00 e. The first-order valence-electron chi connectivity index (χ1n) is 35.2. The van der Waals surface area contributed by atoms with Gasteiger partial charge in [0.15, 0.2) is 36.5 Å². The van der Waals surface area contributed by atoms with Crippen LogP contribution >= 0.6 is 119 Å². The van der Waals surface area contributed by atoms with E-state index in [1.807, 2.05) is 66.7 Å². The van der Waals surface area contributed by atoms with Crippen molar-refractivity contribution >= 4 is 225 Å². The number of carbonyl (C=O) groups excluding carboxylic acids is 1. The Morgan fingerprint density at radius 3 is 1.05 bits per heavy atom. The van der Waals surface area contributed by atoms with Gasteiger partial charge in [0.05, 0.1) is 80.9 Å². The van der Waals surface area contributed by atoms with Crippen LogP contribution in [0.2, 0.25) is 46.5 Å². The third-order valence-electron chi connectivity index (χ3n) is 15.7. The largest absolute Gasteiger partial charge is 1.00 e. The molecule has 6 heterocycles. The van der Waals surface area contributed by atoms with Gasteiger partial charge in [-0.25, -0.2) is 56.7 Å². The summed E-state index contributed by atoms with van der Waals surface area (Å²) in [4.78, 5) is 55.4. The molecule has 0 spiro atoms. The van der Waals surface area contributed by atoms with E-state index >= 15 is 0 Å². The van der Waals surface area contributed by atoms with Crippen LogP contribution in [0.15, 0.2) is 193 Å². The van der Waals surface area contributed by atoms with Gasteiger partial charge in [0.1, 0.15) is 69.3 Å². The summed E-state index contributed by atoms with van der Waals surface area (Å²) in [6.07, 6.45) is -8.06. The average molecular weight is 2160 g/mol. The second kappa shape index (κ2) is 57.0. The molecule has 698 valence electrons. The van der Waals surface area contributed by atoms with Crippen molar-refractivity contribution in [3.63, 3.8) is 0 Å². The Hall–Kier alpha value is -5.76. The summed E-state index contributed by atoms with van der Waals surface area (Å²) in [5.74, 6) is 0.764. The molecule has 6 aromatic heterocycles. The Balaban J connectivity index is 0. The number of sulfone groups is 2. The number of nitrogens with zero attached hydrogens (tertiary/aromatic N) is 12. The van der Waals surface area contributed by atoms with Gasteiger partial charge in [0.25, 0.3) is 6.47 Å². The predicted octanol–water partition coefficient (Wildman–Crippen LogP) is 14.1. The van der Waals surface area contributed by atoms with Gasteiger partial charge in [0, 0.05) is 40.6 Å². The first kappa shape index (κ1) is 124. The van der Waals surface area contributed by atoms with Crippen LogP contribution in [0.25, 0.3) is 0 Å². The second-order valence-electron chi connectivity index (χ2n) is 26.0. The van der Waals surface area contributed by atoms with Gasteiger partial charge in [-0.1, -0.05) is 134 Å². The molecule has 0 amide bonds. The van der Waals surface area contributed by atoms with Gasteiger partial charge < -0.3 is 63.5 Å². The van der Waals surface area contributed by atoms with E-state index in [-0.39, 0.29) is 205 Å². The third-order valence-corrected chi connectivity index (χ3v) is 25.4. The molecule has 132 heavy (non-hydrogen) atoms. The van der Waals surface area contributed by atoms with Crippen molar-refractivity contribution in [3.05, 3.63) is 246 Å². The molecule has 29 nitrogen and oxygen atoms in total. The zero-order valence-corrected chi connectivity index (χ0v) is 88.4. The normalized spacial score (nSPS) is 11.0. The fraction of sp³-hybridized carbons (Fsp3) is 0.218. The molecular weight excluding hydrogens is 2080 g/mol. The predicted molar refractivity (Wildman–Crippen MR) is 489 cm³/mol. The summed E-state index contributed by atoms with van der Waals surface area (Å²) in [6, 6.07) is 40.6. The minimum absolute atomic E-state index is 0. The van der Waals surface area contributed by atoms with E-state index < -0.39 is 102 Å². The van der Waals surface area contributed by atoms with Gasteiger partial charge in [-0.05, 0) is 186 Å². The molecule has 6 N–H and O–H groups in total. The van der Waals surface area contributed by atoms with Gasteiger partial charge in [-0.2, -0.15) is 59.4 Å². The first-order chi connectivity index (χ1) is 59.3. The molecule has 0 radical (unpaired) electrons. The number of anilines is 12. The zero-order valence-electron chi connectivity index (χ0n) is 71.9. The van der Waals surface area contributed by atoms with Gasteiger partial charge >= 0.3 is 151 Å². The summed E-state index contributed by atoms with van der Waals surface area (Å²) in [5, 5.41) is 25.5. The van der Waals surface area contributed by atoms with Crippen molar-refractivity contribution in [3.8, 4) is 11.5 Å². The Labute approximate surface area is 909 Å². The number of methoxy groups -OCH3 is 2. The summed E-state index contributed by atoms with van der Waals surface area (Å²) >= 11 is 49.9. The third kappa shape index (κ3) is 39.3. The minimum atomic E-state index is -4.81. The Kier molecular flexibility index (Phi) is 53.6. The summed E-state index contributed by atoms with van der Waals surface area (Å²) in [6.45, 7) is 12.4. The van der Waals surface area contributed by atoms with Crippen molar-refractivity contribution in [1.29, 1.82) is 0 Å². The Morgan fingerprint density at radius 1 is 0.402 bits per heavy atom. The number of aromatic nitrogens is 12. The molecule has 0 saturated heterocycles. The number of benzene rings is 6. The molecule has 0 saturated carbocycles. The van der Waals surface area contributed by atoms with Gasteiger partial charge in [0.2, 0.25) is 33.0 Å². The number of para-hydroxylation sites is 4. The van der Waals surface area contributed by atoms with Crippen LogP contribution in [-0.4, -0.2) is 134 Å². The number of halogens is 18. The van der Waals surface area contributed by atoms with Crippen LogP contribution in [0.4, 0.5) is 109 Å². The quantitative estimate of drug-likeness (QED) is 0.00569. The van der Waals surface area contributed by atoms with Crippen molar-refractivity contribution in [1.82, 2.24) is 59.8 Å². The maximum atomic E-state index is 13.7. The molecule has 0 fully saturated rings. The van der Waals surface area contributed by atoms with Crippen LogP contribution in [-0.2, 0) is 57.0 Å². The van der Waals surface area contributed by atoms with Crippen LogP contribution in [0.1, 0.15) is 62.1 Å². The maximum absolute atomic E-state index is 13.7. The minimum Gasteiger partial charge on any atom is -1.00 e. The molecule has 0 bridgehead atoms. The number of alkyl halides is 9. The van der Waals surface area contributed by atoms with E-state index in [0.717, 1.165) is 16.7 Å². The zero-order chi connectivity index (χ0) is 94.7. The Morgan fingerprint density at radius 2 is 0.705 bits per heavy atom. The molecular formula is C78H79Cl9F9K2N18NaO11P2S2. The number of hydrogen-bond donors (Lipinski definition) is 6. The van der Waals surface area contributed by atoms with Crippen LogP contribution in [0.5, 0.6) is 11.5 Å². The number of rotatable bonds is 21. The molecule has 0 atom stereocenters. The van der Waals surface area contributed by atoms with Crippen molar-refractivity contribution in [2.24, 2.45) is 0 Å². The molecule has 0 aliphatic rings. The number of carbonyl (C=O) groups is 1. The smallest absolute Gasteiger partial charge is 1.00 e.